The Kier molecular flexibility index (Phi) is 3.12. The molecule has 8 heteroatoms. The molecule has 23 heavy (non-hydrogen) atoms. The summed E-state index contributed by atoms with van der Waals surface area (Å²) in [6, 6.07) is 3.56. The van der Waals surface area contributed by atoms with E-state index in [-0.39, 0.29) is 12.5 Å². The number of β-amino-alcohol motifs (C(OH)–C–C–N with tert-alkyl or cyclic N) is 1. The third-order valence-electron chi connectivity index (χ3n) is 4.29. The Bertz CT molecular complexity index is 843. The lowest BCUT2D eigenvalue weighted by Crippen LogP contribution is -2.48. The van der Waals surface area contributed by atoms with Crippen molar-refractivity contribution in [3.05, 3.63) is 48.2 Å². The number of carbonyl (C=O) groups excluding carboxylic acids is 1. The molecular weight excluding hydrogens is 296 g/mol. The third kappa shape index (κ3) is 2.36. The highest BCUT2D eigenvalue weighted by molar-refractivity contribution is 5.94. The molecule has 0 spiro atoms. The minimum absolute atomic E-state index is 0.109. The molecule has 3 aromatic rings. The van der Waals surface area contributed by atoms with E-state index in [9.17, 15) is 9.90 Å². The van der Waals surface area contributed by atoms with E-state index in [1.54, 1.807) is 40.0 Å². The van der Waals surface area contributed by atoms with Crippen molar-refractivity contribution >= 4 is 11.6 Å². The highest BCUT2D eigenvalue weighted by Gasteiger charge is 2.39. The van der Waals surface area contributed by atoms with E-state index in [2.05, 4.69) is 20.4 Å². The molecule has 0 bridgehead atoms. The molecule has 1 aliphatic heterocycles. The van der Waals surface area contributed by atoms with Crippen molar-refractivity contribution in [1.29, 1.82) is 0 Å². The van der Waals surface area contributed by atoms with Crippen LogP contribution in [0.2, 0.25) is 0 Å². The number of imidazole rings is 1. The van der Waals surface area contributed by atoms with Gasteiger partial charge in [0.1, 0.15) is 16.9 Å². The van der Waals surface area contributed by atoms with Crippen LogP contribution in [0.25, 0.3) is 5.65 Å². The number of hydrogen-bond acceptors (Lipinski definition) is 5. The Morgan fingerprint density at radius 3 is 3.13 bits per heavy atom. The van der Waals surface area contributed by atoms with Gasteiger partial charge >= 0.3 is 0 Å². The van der Waals surface area contributed by atoms with E-state index in [1.807, 2.05) is 0 Å². The molecule has 4 heterocycles. The average molecular weight is 312 g/mol. The van der Waals surface area contributed by atoms with Gasteiger partial charge in [-0.15, -0.1) is 0 Å². The first-order valence-electron chi connectivity index (χ1n) is 7.46. The van der Waals surface area contributed by atoms with Crippen molar-refractivity contribution in [2.24, 2.45) is 0 Å². The second-order valence-corrected chi connectivity index (χ2v) is 5.83. The molecule has 1 aliphatic rings. The van der Waals surface area contributed by atoms with E-state index in [0.717, 1.165) is 5.65 Å². The third-order valence-corrected chi connectivity index (χ3v) is 4.29. The van der Waals surface area contributed by atoms with Crippen molar-refractivity contribution in [3.63, 3.8) is 0 Å². The van der Waals surface area contributed by atoms with Gasteiger partial charge in [0.25, 0.3) is 5.91 Å². The number of nitrogens with one attached hydrogen (secondary N) is 1. The fourth-order valence-electron chi connectivity index (χ4n) is 3.07. The minimum atomic E-state index is -1.15. The number of aromatic nitrogens is 5. The molecule has 1 unspecified atom stereocenters. The molecule has 1 atom stereocenters. The number of nitrogens with zero attached hydrogens (tertiary/aromatic N) is 5. The van der Waals surface area contributed by atoms with E-state index in [1.165, 1.54) is 6.20 Å². The average Bonchev–Trinajstić information content (AvgIpc) is 3.25. The minimum Gasteiger partial charge on any atom is -0.382 e. The van der Waals surface area contributed by atoms with Crippen LogP contribution in [0.3, 0.4) is 0 Å². The number of aromatic amines is 1. The number of fused-ring (bicyclic) bond motifs is 1. The zero-order valence-electron chi connectivity index (χ0n) is 12.4. The Hall–Kier alpha value is -2.74. The van der Waals surface area contributed by atoms with Crippen LogP contribution in [0.15, 0.2) is 36.9 Å². The van der Waals surface area contributed by atoms with Gasteiger partial charge in [0.15, 0.2) is 0 Å². The number of rotatable bonds is 2. The van der Waals surface area contributed by atoms with E-state index < -0.39 is 5.60 Å². The summed E-state index contributed by atoms with van der Waals surface area (Å²) < 4.78 is 1.81. The van der Waals surface area contributed by atoms with Crippen LogP contribution < -0.4 is 0 Å². The summed E-state index contributed by atoms with van der Waals surface area (Å²) in [6.45, 7) is 0.821. The predicted octanol–water partition coefficient (Wildman–Crippen LogP) is 0.576. The molecule has 1 amide bonds. The number of H-pyrrole nitrogens is 1. The van der Waals surface area contributed by atoms with Crippen LogP contribution in [0.5, 0.6) is 0 Å². The summed E-state index contributed by atoms with van der Waals surface area (Å²) in [4.78, 5) is 18.6. The number of amides is 1. The lowest BCUT2D eigenvalue weighted by atomic mass is 9.90. The molecule has 0 aliphatic carbocycles. The highest BCUT2D eigenvalue weighted by atomic mass is 16.3. The zero-order valence-corrected chi connectivity index (χ0v) is 12.4. The first-order valence-corrected chi connectivity index (χ1v) is 7.46. The van der Waals surface area contributed by atoms with Crippen molar-refractivity contribution in [1.82, 2.24) is 29.7 Å². The van der Waals surface area contributed by atoms with Gasteiger partial charge in [-0.3, -0.25) is 4.79 Å². The van der Waals surface area contributed by atoms with Gasteiger partial charge in [-0.25, -0.2) is 4.98 Å². The fraction of sp³-hybridized carbons (Fsp3) is 0.333. The second kappa shape index (κ2) is 5.17. The molecule has 2 N–H and O–H groups in total. The lowest BCUT2D eigenvalue weighted by molar-refractivity contribution is -0.0320. The molecule has 0 radical (unpaired) electrons. The van der Waals surface area contributed by atoms with Crippen LogP contribution in [-0.4, -0.2) is 53.8 Å². The quantitative estimate of drug-likeness (QED) is 0.721. The van der Waals surface area contributed by atoms with Crippen LogP contribution >= 0.6 is 0 Å². The first kappa shape index (κ1) is 13.9. The van der Waals surface area contributed by atoms with Crippen LogP contribution in [0, 0.1) is 0 Å². The molecular formula is C15H16N6O2. The lowest BCUT2D eigenvalue weighted by Gasteiger charge is -2.38. The highest BCUT2D eigenvalue weighted by Crippen LogP contribution is 2.30. The summed E-state index contributed by atoms with van der Waals surface area (Å²) in [5.41, 5.74) is 0.680. The largest absolute Gasteiger partial charge is 0.382 e. The molecule has 1 fully saturated rings. The Morgan fingerprint density at radius 2 is 2.30 bits per heavy atom. The van der Waals surface area contributed by atoms with Crippen LogP contribution in [0.1, 0.15) is 28.9 Å². The molecule has 3 aromatic heterocycles. The smallest absolute Gasteiger partial charge is 0.255 e. The SMILES string of the molecule is O=C(c1ccc2nccn2c1)N1CCCC(O)(c2cn[nH]n2)C1. The van der Waals surface area contributed by atoms with Crippen LogP contribution in [0.4, 0.5) is 0 Å². The number of carbonyl (C=O) groups is 1. The number of likely N-dealkylation sites (tertiary alicyclic amines) is 1. The number of piperidine rings is 1. The summed E-state index contributed by atoms with van der Waals surface area (Å²) in [5, 5.41) is 21.0. The van der Waals surface area contributed by atoms with Crippen LogP contribution in [-0.2, 0) is 5.60 Å². The summed E-state index contributed by atoms with van der Waals surface area (Å²) in [7, 11) is 0. The van der Waals surface area contributed by atoms with Crippen molar-refractivity contribution in [2.45, 2.75) is 18.4 Å². The maximum absolute atomic E-state index is 12.8. The molecule has 118 valence electrons. The number of hydrogen-bond donors (Lipinski definition) is 2. The molecule has 4 rings (SSSR count). The Balaban J connectivity index is 1.60. The predicted molar refractivity (Wildman–Crippen MR) is 80.6 cm³/mol. The Morgan fingerprint density at radius 1 is 1.39 bits per heavy atom. The Labute approximate surface area is 131 Å². The number of aliphatic hydroxyl groups is 1. The van der Waals surface area contributed by atoms with E-state index >= 15 is 0 Å². The zero-order chi connectivity index (χ0) is 15.9. The van der Waals surface area contributed by atoms with E-state index in [4.69, 9.17) is 0 Å². The van der Waals surface area contributed by atoms with Gasteiger partial charge in [0.05, 0.1) is 18.3 Å². The number of pyridine rings is 1. The second-order valence-electron chi connectivity index (χ2n) is 5.83. The van der Waals surface area contributed by atoms with E-state index in [0.29, 0.717) is 30.6 Å². The van der Waals surface area contributed by atoms with Gasteiger partial charge < -0.3 is 14.4 Å². The van der Waals surface area contributed by atoms with Crippen molar-refractivity contribution < 1.29 is 9.90 Å². The van der Waals surface area contributed by atoms with Gasteiger partial charge in [-0.1, -0.05) is 0 Å². The maximum atomic E-state index is 12.8. The van der Waals surface area contributed by atoms with Crippen molar-refractivity contribution in [3.8, 4) is 0 Å². The first-order chi connectivity index (χ1) is 11.2. The standard InChI is InChI=1S/C15H16N6O2/c22-14(11-2-3-13-16-5-7-20(13)9-11)21-6-1-4-15(23,10-21)12-8-17-19-18-12/h2-3,5,7-9,23H,1,4,6,10H2,(H,17,18,19). The summed E-state index contributed by atoms with van der Waals surface area (Å²) in [5.74, 6) is -0.109. The summed E-state index contributed by atoms with van der Waals surface area (Å²) >= 11 is 0. The van der Waals surface area contributed by atoms with Gasteiger partial charge in [-0.2, -0.15) is 15.4 Å². The van der Waals surface area contributed by atoms with Gasteiger partial charge in [0, 0.05) is 25.1 Å². The molecule has 0 aromatic carbocycles. The fourth-order valence-corrected chi connectivity index (χ4v) is 3.07. The summed E-state index contributed by atoms with van der Waals surface area (Å²) in [6.07, 6.45) is 8.02. The van der Waals surface area contributed by atoms with Gasteiger partial charge in [0.2, 0.25) is 0 Å². The van der Waals surface area contributed by atoms with Crippen molar-refractivity contribution in [2.75, 3.05) is 13.1 Å². The van der Waals surface area contributed by atoms with Gasteiger partial charge in [-0.05, 0) is 25.0 Å². The maximum Gasteiger partial charge on any atom is 0.255 e. The molecule has 0 saturated carbocycles. The topological polar surface area (TPSA) is 99.4 Å². The monoisotopic (exact) mass is 312 g/mol. The normalized spacial score (nSPS) is 21.7. The molecule has 8 nitrogen and oxygen atoms in total. The molecule has 1 saturated heterocycles.